The van der Waals surface area contributed by atoms with Gasteiger partial charge >= 0.3 is 0 Å². The van der Waals surface area contributed by atoms with Crippen LogP contribution in [-0.4, -0.2) is 28.1 Å². The SMILES string of the molecule is O=C(NC1CCC(O)CC1)c1cc(Br)ncc1F. The molecule has 1 aromatic rings. The van der Waals surface area contributed by atoms with Crippen molar-refractivity contribution in [3.63, 3.8) is 0 Å². The fourth-order valence-electron chi connectivity index (χ4n) is 2.07. The molecule has 18 heavy (non-hydrogen) atoms. The minimum absolute atomic E-state index is 0.00670. The van der Waals surface area contributed by atoms with Crippen molar-refractivity contribution in [3.8, 4) is 0 Å². The summed E-state index contributed by atoms with van der Waals surface area (Å²) in [6.45, 7) is 0. The lowest BCUT2D eigenvalue weighted by Gasteiger charge is -2.26. The number of nitrogens with one attached hydrogen (secondary N) is 1. The lowest BCUT2D eigenvalue weighted by molar-refractivity contribution is 0.0864. The normalized spacial score (nSPS) is 23.7. The molecule has 0 bridgehead atoms. The summed E-state index contributed by atoms with van der Waals surface area (Å²) in [5.41, 5.74) is -0.0111. The van der Waals surface area contributed by atoms with Gasteiger partial charge in [-0.2, -0.15) is 0 Å². The van der Waals surface area contributed by atoms with E-state index in [1.54, 1.807) is 0 Å². The van der Waals surface area contributed by atoms with E-state index >= 15 is 0 Å². The van der Waals surface area contributed by atoms with Crippen LogP contribution >= 0.6 is 15.9 Å². The average Bonchev–Trinajstić information content (AvgIpc) is 2.35. The van der Waals surface area contributed by atoms with E-state index < -0.39 is 11.7 Å². The first-order valence-corrected chi connectivity index (χ1v) is 6.65. The van der Waals surface area contributed by atoms with Crippen LogP contribution in [0.3, 0.4) is 0 Å². The molecule has 0 aromatic carbocycles. The summed E-state index contributed by atoms with van der Waals surface area (Å²) in [5, 5.41) is 12.2. The summed E-state index contributed by atoms with van der Waals surface area (Å²) in [5.74, 6) is -1.07. The van der Waals surface area contributed by atoms with E-state index in [2.05, 4.69) is 26.2 Å². The van der Waals surface area contributed by atoms with E-state index in [-0.39, 0.29) is 17.7 Å². The standard InChI is InChI=1S/C12H14BrFN2O2/c13-11-5-9(10(14)6-15-11)12(18)16-7-1-3-8(17)4-2-7/h5-8,17H,1-4H2,(H,16,18). The van der Waals surface area contributed by atoms with E-state index in [1.807, 2.05) is 0 Å². The molecule has 1 aliphatic rings. The van der Waals surface area contributed by atoms with Crippen LogP contribution in [0.4, 0.5) is 4.39 Å². The minimum Gasteiger partial charge on any atom is -0.393 e. The van der Waals surface area contributed by atoms with Crippen molar-refractivity contribution in [1.82, 2.24) is 10.3 Å². The summed E-state index contributed by atoms with van der Waals surface area (Å²) < 4.78 is 13.9. The molecule has 1 aliphatic carbocycles. The Morgan fingerprint density at radius 2 is 2.11 bits per heavy atom. The van der Waals surface area contributed by atoms with E-state index in [1.165, 1.54) is 6.07 Å². The van der Waals surface area contributed by atoms with Crippen LogP contribution in [0, 0.1) is 5.82 Å². The van der Waals surface area contributed by atoms with Crippen molar-refractivity contribution in [1.29, 1.82) is 0 Å². The summed E-state index contributed by atoms with van der Waals surface area (Å²) >= 11 is 3.11. The second-order valence-electron chi connectivity index (χ2n) is 4.47. The average molecular weight is 317 g/mol. The monoisotopic (exact) mass is 316 g/mol. The maximum Gasteiger partial charge on any atom is 0.254 e. The van der Waals surface area contributed by atoms with Crippen LogP contribution in [0.25, 0.3) is 0 Å². The summed E-state index contributed by atoms with van der Waals surface area (Å²) in [6.07, 6.45) is 3.54. The van der Waals surface area contributed by atoms with Crippen molar-refractivity contribution < 1.29 is 14.3 Å². The molecule has 0 saturated heterocycles. The first-order valence-electron chi connectivity index (χ1n) is 5.86. The minimum atomic E-state index is -0.633. The van der Waals surface area contributed by atoms with Crippen LogP contribution in [0.1, 0.15) is 36.0 Å². The molecule has 0 aliphatic heterocycles. The number of rotatable bonds is 2. The molecule has 1 heterocycles. The van der Waals surface area contributed by atoms with Gasteiger partial charge in [0.15, 0.2) is 5.82 Å². The van der Waals surface area contributed by atoms with Gasteiger partial charge in [0.05, 0.1) is 17.9 Å². The van der Waals surface area contributed by atoms with Crippen LogP contribution in [-0.2, 0) is 0 Å². The molecule has 0 atom stereocenters. The Balaban J connectivity index is 2.01. The molecule has 4 nitrogen and oxygen atoms in total. The van der Waals surface area contributed by atoms with Gasteiger partial charge in [-0.25, -0.2) is 9.37 Å². The molecule has 6 heteroatoms. The second kappa shape index (κ2) is 5.75. The third-order valence-electron chi connectivity index (χ3n) is 3.10. The number of hydrogen-bond acceptors (Lipinski definition) is 3. The highest BCUT2D eigenvalue weighted by Gasteiger charge is 2.22. The van der Waals surface area contributed by atoms with Crippen LogP contribution in [0.5, 0.6) is 0 Å². The van der Waals surface area contributed by atoms with Crippen LogP contribution in [0.15, 0.2) is 16.9 Å². The lowest BCUT2D eigenvalue weighted by Crippen LogP contribution is -2.38. The number of aliphatic hydroxyl groups excluding tert-OH is 1. The van der Waals surface area contributed by atoms with Gasteiger partial charge in [-0.3, -0.25) is 4.79 Å². The van der Waals surface area contributed by atoms with Crippen molar-refractivity contribution in [3.05, 3.63) is 28.2 Å². The number of carbonyl (C=O) groups is 1. The number of hydrogen-bond donors (Lipinski definition) is 2. The molecule has 0 unspecified atom stereocenters. The zero-order valence-corrected chi connectivity index (χ0v) is 11.3. The van der Waals surface area contributed by atoms with Crippen LogP contribution < -0.4 is 5.32 Å². The van der Waals surface area contributed by atoms with Crippen molar-refractivity contribution >= 4 is 21.8 Å². The van der Waals surface area contributed by atoms with Gasteiger partial charge in [-0.05, 0) is 47.7 Å². The van der Waals surface area contributed by atoms with Gasteiger partial charge in [0, 0.05) is 6.04 Å². The fourth-order valence-corrected chi connectivity index (χ4v) is 2.40. The second-order valence-corrected chi connectivity index (χ2v) is 5.28. The molecule has 0 radical (unpaired) electrons. The molecule has 2 rings (SSSR count). The third-order valence-corrected chi connectivity index (χ3v) is 3.53. The van der Waals surface area contributed by atoms with Gasteiger partial charge in [0.1, 0.15) is 4.60 Å². The molecular formula is C12H14BrFN2O2. The summed E-state index contributed by atoms with van der Waals surface area (Å²) in [7, 11) is 0. The highest BCUT2D eigenvalue weighted by molar-refractivity contribution is 9.10. The smallest absolute Gasteiger partial charge is 0.254 e. The Kier molecular flexibility index (Phi) is 4.29. The quantitative estimate of drug-likeness (QED) is 0.820. The fraction of sp³-hybridized carbons (Fsp3) is 0.500. The van der Waals surface area contributed by atoms with E-state index in [4.69, 9.17) is 0 Å². The Hall–Kier alpha value is -1.01. The maximum absolute atomic E-state index is 13.5. The van der Waals surface area contributed by atoms with Crippen molar-refractivity contribution in [2.45, 2.75) is 37.8 Å². The van der Waals surface area contributed by atoms with Gasteiger partial charge in [0.25, 0.3) is 5.91 Å². The number of pyridine rings is 1. The first kappa shape index (κ1) is 13.4. The molecule has 1 saturated carbocycles. The first-order chi connectivity index (χ1) is 8.56. The lowest BCUT2D eigenvalue weighted by atomic mass is 9.93. The van der Waals surface area contributed by atoms with Gasteiger partial charge in [-0.1, -0.05) is 0 Å². The number of aliphatic hydroxyl groups is 1. The summed E-state index contributed by atoms with van der Waals surface area (Å²) in [4.78, 5) is 15.6. The number of aromatic nitrogens is 1. The highest BCUT2D eigenvalue weighted by atomic mass is 79.9. The number of halogens is 2. The molecular weight excluding hydrogens is 303 g/mol. The predicted octanol–water partition coefficient (Wildman–Crippen LogP) is 2.02. The van der Waals surface area contributed by atoms with E-state index in [0.29, 0.717) is 17.4 Å². The zero-order chi connectivity index (χ0) is 13.1. The van der Waals surface area contributed by atoms with Crippen molar-refractivity contribution in [2.24, 2.45) is 0 Å². The summed E-state index contributed by atoms with van der Waals surface area (Å²) in [6, 6.07) is 1.37. The highest BCUT2D eigenvalue weighted by Crippen LogP contribution is 2.19. The Morgan fingerprint density at radius 3 is 2.78 bits per heavy atom. The van der Waals surface area contributed by atoms with Gasteiger partial charge in [-0.15, -0.1) is 0 Å². The van der Waals surface area contributed by atoms with E-state index in [9.17, 15) is 14.3 Å². The maximum atomic E-state index is 13.5. The molecule has 1 fully saturated rings. The molecule has 98 valence electrons. The van der Waals surface area contributed by atoms with Gasteiger partial charge < -0.3 is 10.4 Å². The Bertz CT molecular complexity index is 448. The van der Waals surface area contributed by atoms with E-state index in [0.717, 1.165) is 19.0 Å². The zero-order valence-electron chi connectivity index (χ0n) is 9.70. The molecule has 2 N–H and O–H groups in total. The topological polar surface area (TPSA) is 62.2 Å². The number of carbonyl (C=O) groups excluding carboxylic acids is 1. The number of amides is 1. The Morgan fingerprint density at radius 1 is 1.44 bits per heavy atom. The van der Waals surface area contributed by atoms with Gasteiger partial charge in [0.2, 0.25) is 0 Å². The third kappa shape index (κ3) is 3.26. The van der Waals surface area contributed by atoms with Crippen LogP contribution in [0.2, 0.25) is 0 Å². The largest absolute Gasteiger partial charge is 0.393 e. The Labute approximate surface area is 113 Å². The molecule has 0 spiro atoms. The number of nitrogens with zero attached hydrogens (tertiary/aromatic N) is 1. The molecule has 1 amide bonds. The van der Waals surface area contributed by atoms with Crippen molar-refractivity contribution in [2.75, 3.05) is 0 Å². The molecule has 1 aromatic heterocycles. The predicted molar refractivity (Wildman–Crippen MR) is 67.6 cm³/mol.